The highest BCUT2D eigenvalue weighted by Gasteiger charge is 2.43. The molecule has 5 aromatic rings. The fourth-order valence-electron chi connectivity index (χ4n) is 5.37. The lowest BCUT2D eigenvalue weighted by molar-refractivity contribution is -0.125. The van der Waals surface area contributed by atoms with Crippen molar-refractivity contribution in [2.24, 2.45) is 0 Å². The van der Waals surface area contributed by atoms with Crippen molar-refractivity contribution in [3.05, 3.63) is 167 Å². The molecule has 1 heterocycles. The van der Waals surface area contributed by atoms with E-state index >= 15 is 0 Å². The van der Waals surface area contributed by atoms with E-state index in [1.807, 2.05) is 103 Å². The Kier molecular flexibility index (Phi) is 7.25. The number of carbonyl (C=O) groups is 3. The van der Waals surface area contributed by atoms with Crippen molar-refractivity contribution in [2.45, 2.75) is 18.5 Å². The summed E-state index contributed by atoms with van der Waals surface area (Å²) in [5, 5.41) is 3.19. The third-order valence-corrected chi connectivity index (χ3v) is 7.48. The summed E-state index contributed by atoms with van der Waals surface area (Å²) in [7, 11) is 0. The number of imide groups is 1. The van der Waals surface area contributed by atoms with E-state index in [-0.39, 0.29) is 6.42 Å². The Hall–Kier alpha value is -5.29. The van der Waals surface area contributed by atoms with Crippen molar-refractivity contribution in [2.75, 3.05) is 0 Å². The minimum absolute atomic E-state index is 0.201. The quantitative estimate of drug-likeness (QED) is 0.231. The molecule has 1 N–H and O–H groups in total. The van der Waals surface area contributed by atoms with Crippen LogP contribution in [0, 0.1) is 0 Å². The second-order valence-electron chi connectivity index (χ2n) is 10.1. The third kappa shape index (κ3) is 5.30. The molecule has 0 saturated carbocycles. The Morgan fingerprint density at radius 3 is 1.61 bits per heavy atom. The average Bonchev–Trinajstić information content (AvgIpc) is 3.29. The number of rotatable bonds is 8. The highest BCUT2D eigenvalue weighted by molar-refractivity contribution is 6.22. The first-order valence-electron chi connectivity index (χ1n) is 13.6. The Bertz CT molecular complexity index is 1650. The van der Waals surface area contributed by atoms with Crippen LogP contribution in [0.1, 0.15) is 43.4 Å². The van der Waals surface area contributed by atoms with Crippen molar-refractivity contribution in [1.82, 2.24) is 10.2 Å². The van der Waals surface area contributed by atoms with Gasteiger partial charge in [0.05, 0.1) is 17.2 Å². The van der Waals surface area contributed by atoms with Crippen LogP contribution in [0.15, 0.2) is 140 Å². The molecule has 1 aliphatic rings. The number of carbonyl (C=O) groups excluding carboxylic acids is 3. The monoisotopic (exact) mass is 536 g/mol. The maximum absolute atomic E-state index is 14.2. The van der Waals surface area contributed by atoms with Crippen LogP contribution >= 0.6 is 0 Å². The van der Waals surface area contributed by atoms with E-state index in [0.717, 1.165) is 32.7 Å². The molecule has 6 rings (SSSR count). The van der Waals surface area contributed by atoms with Gasteiger partial charge < -0.3 is 5.32 Å². The molecule has 0 spiro atoms. The van der Waals surface area contributed by atoms with E-state index < -0.39 is 29.8 Å². The molecule has 5 aromatic carbocycles. The number of amides is 3. The number of hydrogen-bond donors (Lipinski definition) is 1. The number of fused-ring (bicyclic) bond motifs is 1. The number of hydrogen-bond acceptors (Lipinski definition) is 3. The van der Waals surface area contributed by atoms with E-state index in [4.69, 9.17) is 0 Å². The van der Waals surface area contributed by atoms with Gasteiger partial charge in [-0.3, -0.25) is 19.3 Å². The van der Waals surface area contributed by atoms with Gasteiger partial charge in [0.1, 0.15) is 6.04 Å². The second-order valence-corrected chi connectivity index (χ2v) is 10.1. The van der Waals surface area contributed by atoms with Crippen LogP contribution in [-0.4, -0.2) is 28.7 Å². The van der Waals surface area contributed by atoms with Crippen LogP contribution < -0.4 is 5.32 Å². The molecule has 2 atom stereocenters. The zero-order chi connectivity index (χ0) is 28.2. The Labute approximate surface area is 239 Å². The van der Waals surface area contributed by atoms with Gasteiger partial charge in [-0.25, -0.2) is 0 Å². The van der Waals surface area contributed by atoms with E-state index in [1.54, 1.807) is 24.3 Å². The lowest BCUT2D eigenvalue weighted by Gasteiger charge is -2.28. The molecule has 0 aromatic heterocycles. The fourth-order valence-corrected chi connectivity index (χ4v) is 5.37. The summed E-state index contributed by atoms with van der Waals surface area (Å²) >= 11 is 0. The molecule has 0 fully saturated rings. The van der Waals surface area contributed by atoms with Gasteiger partial charge in [-0.05, 0) is 39.9 Å². The highest BCUT2D eigenvalue weighted by Crippen LogP contribution is 2.29. The summed E-state index contributed by atoms with van der Waals surface area (Å²) in [5.74, 6) is -1.31. The maximum atomic E-state index is 14.2. The first-order valence-corrected chi connectivity index (χ1v) is 13.6. The molecule has 0 aliphatic carbocycles. The van der Waals surface area contributed by atoms with Gasteiger partial charge in [0, 0.05) is 6.42 Å². The molecular formula is C36H28N2O3. The van der Waals surface area contributed by atoms with Gasteiger partial charge in [0.2, 0.25) is 5.91 Å². The van der Waals surface area contributed by atoms with Gasteiger partial charge in [0.15, 0.2) is 0 Å². The standard InChI is InChI=1S/C36H28N2O3/c39-34(32(24-25-12-4-1-5-13-25)38-35(40)30-18-10-11-19-31(30)36(38)41)37-33(28-16-8-3-9-17-28)29-22-20-27(21-23-29)26-14-6-2-7-15-26/h1-23,32-33H,24H2,(H,37,39). The molecule has 5 heteroatoms. The minimum Gasteiger partial charge on any atom is -0.343 e. The fraction of sp³-hybridized carbons (Fsp3) is 0.0833. The lowest BCUT2D eigenvalue weighted by atomic mass is 9.95. The van der Waals surface area contributed by atoms with Gasteiger partial charge in [0.25, 0.3) is 11.8 Å². The minimum atomic E-state index is -1.03. The molecule has 2 unspecified atom stereocenters. The maximum Gasteiger partial charge on any atom is 0.262 e. The first-order chi connectivity index (χ1) is 20.1. The van der Waals surface area contributed by atoms with Crippen molar-refractivity contribution in [1.29, 1.82) is 0 Å². The predicted molar refractivity (Wildman–Crippen MR) is 159 cm³/mol. The Morgan fingerprint density at radius 1 is 0.561 bits per heavy atom. The third-order valence-electron chi connectivity index (χ3n) is 7.48. The lowest BCUT2D eigenvalue weighted by Crippen LogP contribution is -2.51. The van der Waals surface area contributed by atoms with Crippen LogP contribution in [-0.2, 0) is 11.2 Å². The molecule has 1 aliphatic heterocycles. The zero-order valence-electron chi connectivity index (χ0n) is 22.3. The van der Waals surface area contributed by atoms with Crippen molar-refractivity contribution < 1.29 is 14.4 Å². The van der Waals surface area contributed by atoms with Crippen molar-refractivity contribution in [3.63, 3.8) is 0 Å². The molecule has 0 bridgehead atoms. The van der Waals surface area contributed by atoms with E-state index in [1.165, 1.54) is 0 Å². The van der Waals surface area contributed by atoms with E-state index in [9.17, 15) is 14.4 Å². The molecule has 3 amide bonds. The van der Waals surface area contributed by atoms with Crippen LogP contribution in [0.5, 0.6) is 0 Å². The largest absolute Gasteiger partial charge is 0.343 e. The second kappa shape index (κ2) is 11.4. The highest BCUT2D eigenvalue weighted by atomic mass is 16.2. The van der Waals surface area contributed by atoms with Crippen LogP contribution in [0.25, 0.3) is 11.1 Å². The average molecular weight is 537 g/mol. The van der Waals surface area contributed by atoms with Gasteiger partial charge >= 0.3 is 0 Å². The van der Waals surface area contributed by atoms with Crippen molar-refractivity contribution >= 4 is 17.7 Å². The molecule has 0 radical (unpaired) electrons. The van der Waals surface area contributed by atoms with Gasteiger partial charge in [-0.1, -0.05) is 127 Å². The summed E-state index contributed by atoms with van der Waals surface area (Å²) in [6.07, 6.45) is 0.201. The first kappa shape index (κ1) is 26.0. The van der Waals surface area contributed by atoms with E-state index in [0.29, 0.717) is 11.1 Å². The zero-order valence-corrected chi connectivity index (χ0v) is 22.3. The van der Waals surface area contributed by atoms with Crippen molar-refractivity contribution in [3.8, 4) is 11.1 Å². The van der Waals surface area contributed by atoms with Crippen LogP contribution in [0.2, 0.25) is 0 Å². The normalized spacial score (nSPS) is 13.9. The summed E-state index contributed by atoms with van der Waals surface area (Å²) < 4.78 is 0. The van der Waals surface area contributed by atoms with E-state index in [2.05, 4.69) is 17.4 Å². The smallest absolute Gasteiger partial charge is 0.262 e. The summed E-state index contributed by atoms with van der Waals surface area (Å²) in [6.45, 7) is 0. The molecular weight excluding hydrogens is 508 g/mol. The Morgan fingerprint density at radius 2 is 1.02 bits per heavy atom. The van der Waals surface area contributed by atoms with Gasteiger partial charge in [-0.15, -0.1) is 0 Å². The van der Waals surface area contributed by atoms with Crippen LogP contribution in [0.4, 0.5) is 0 Å². The number of nitrogens with zero attached hydrogens (tertiary/aromatic N) is 1. The topological polar surface area (TPSA) is 66.5 Å². The summed E-state index contributed by atoms with van der Waals surface area (Å²) in [5.41, 5.74) is 5.46. The number of nitrogens with one attached hydrogen (secondary N) is 1. The predicted octanol–water partition coefficient (Wildman–Crippen LogP) is 6.47. The number of benzene rings is 5. The summed E-state index contributed by atoms with van der Waals surface area (Å²) in [6, 6.07) is 42.6. The van der Waals surface area contributed by atoms with Crippen LogP contribution in [0.3, 0.4) is 0 Å². The summed E-state index contributed by atoms with van der Waals surface area (Å²) in [4.78, 5) is 42.2. The Balaban J connectivity index is 1.35. The molecule has 5 nitrogen and oxygen atoms in total. The molecule has 41 heavy (non-hydrogen) atoms. The molecule has 0 saturated heterocycles. The van der Waals surface area contributed by atoms with Gasteiger partial charge in [-0.2, -0.15) is 0 Å². The SMILES string of the molecule is O=C(NC(c1ccccc1)c1ccc(-c2ccccc2)cc1)C(Cc1ccccc1)N1C(=O)c2ccccc2C1=O. The molecule has 200 valence electrons.